The third kappa shape index (κ3) is 5.03. The van der Waals surface area contributed by atoms with E-state index in [1.165, 1.54) is 11.1 Å². The lowest BCUT2D eigenvalue weighted by Crippen LogP contribution is -2.28. The molecule has 0 saturated carbocycles. The van der Waals surface area contributed by atoms with Gasteiger partial charge in [-0.05, 0) is 35.3 Å². The highest BCUT2D eigenvalue weighted by atomic mass is 32.2. The normalized spacial score (nSPS) is 15.8. The summed E-state index contributed by atoms with van der Waals surface area (Å²) >= 11 is 0. The second-order valence-corrected chi connectivity index (χ2v) is 8.79. The molecule has 3 aromatic rings. The van der Waals surface area contributed by atoms with E-state index in [1.54, 1.807) is 6.07 Å². The first kappa shape index (κ1) is 19.6. The van der Waals surface area contributed by atoms with Crippen LogP contribution in [0.5, 0.6) is 0 Å². The van der Waals surface area contributed by atoms with Gasteiger partial charge in [-0.25, -0.2) is 0 Å². The van der Waals surface area contributed by atoms with E-state index in [0.717, 1.165) is 42.5 Å². The lowest BCUT2D eigenvalue weighted by Gasteiger charge is -2.25. The van der Waals surface area contributed by atoms with Gasteiger partial charge < -0.3 is 4.98 Å². The quantitative estimate of drug-likeness (QED) is 0.595. The van der Waals surface area contributed by atoms with Crippen molar-refractivity contribution in [1.82, 2.24) is 9.88 Å². The Balaban J connectivity index is 1.42. The van der Waals surface area contributed by atoms with Crippen LogP contribution >= 0.6 is 0 Å². The molecule has 0 saturated heterocycles. The second-order valence-electron chi connectivity index (χ2n) is 7.34. The van der Waals surface area contributed by atoms with Crippen molar-refractivity contribution in [2.75, 3.05) is 19.6 Å². The molecule has 29 heavy (non-hydrogen) atoms. The molecular formula is C23H24N2O3S. The summed E-state index contributed by atoms with van der Waals surface area (Å²) in [6.45, 7) is 2.82. The van der Waals surface area contributed by atoms with Gasteiger partial charge in [0, 0.05) is 36.2 Å². The van der Waals surface area contributed by atoms with E-state index in [2.05, 4.69) is 52.4 Å². The van der Waals surface area contributed by atoms with Gasteiger partial charge in [-0.1, -0.05) is 60.7 Å². The van der Waals surface area contributed by atoms with Gasteiger partial charge >= 0.3 is 0 Å². The Morgan fingerprint density at radius 2 is 1.93 bits per heavy atom. The maximum Gasteiger partial charge on any atom is 0.270 e. The molecule has 2 aromatic carbocycles. The molecule has 0 bridgehead atoms. The first-order chi connectivity index (χ1) is 14.0. The molecule has 2 N–H and O–H groups in total. The van der Waals surface area contributed by atoms with E-state index >= 15 is 0 Å². The molecule has 1 aliphatic heterocycles. The number of aromatic nitrogens is 1. The van der Waals surface area contributed by atoms with Crippen LogP contribution < -0.4 is 0 Å². The number of nitrogens with zero attached hydrogens (tertiary/aromatic N) is 1. The molecule has 6 heteroatoms. The zero-order valence-corrected chi connectivity index (χ0v) is 16.9. The molecule has 150 valence electrons. The Morgan fingerprint density at radius 1 is 1.10 bits per heavy atom. The highest BCUT2D eigenvalue weighted by Gasteiger charge is 2.12. The number of H-pyrrole nitrogens is 1. The summed E-state index contributed by atoms with van der Waals surface area (Å²) in [5, 5.41) is 0.951. The maximum atomic E-state index is 11.1. The van der Waals surface area contributed by atoms with E-state index in [1.807, 2.05) is 24.3 Å². The minimum atomic E-state index is -4.06. The van der Waals surface area contributed by atoms with Gasteiger partial charge in [0.1, 0.15) is 5.75 Å². The summed E-state index contributed by atoms with van der Waals surface area (Å²) in [5.41, 5.74) is 5.09. The standard InChI is InChI=1S/C23H24N2O3S/c26-29(27,28)17-21-16-22-20(8-4-10-23(22)24-21)9-5-13-25-14-11-19(12-15-25)18-6-2-1-3-7-18/h1-11,16,24H,12-15,17H2,(H,26,27,28). The van der Waals surface area contributed by atoms with E-state index in [4.69, 9.17) is 4.55 Å². The molecule has 4 rings (SSSR count). The van der Waals surface area contributed by atoms with Gasteiger partial charge in [0.25, 0.3) is 10.1 Å². The van der Waals surface area contributed by atoms with Crippen LogP contribution in [-0.2, 0) is 15.9 Å². The molecule has 2 heterocycles. The molecule has 0 fully saturated rings. The fourth-order valence-electron chi connectivity index (χ4n) is 3.78. The third-order valence-corrected chi connectivity index (χ3v) is 5.87. The van der Waals surface area contributed by atoms with E-state index in [0.29, 0.717) is 5.69 Å². The van der Waals surface area contributed by atoms with Crippen molar-refractivity contribution < 1.29 is 13.0 Å². The Bertz CT molecular complexity index is 1160. The first-order valence-corrected chi connectivity index (χ1v) is 11.3. The largest absolute Gasteiger partial charge is 0.357 e. The average Bonchev–Trinajstić information content (AvgIpc) is 3.10. The van der Waals surface area contributed by atoms with Crippen molar-refractivity contribution in [1.29, 1.82) is 0 Å². The van der Waals surface area contributed by atoms with Gasteiger partial charge in [0.2, 0.25) is 0 Å². The van der Waals surface area contributed by atoms with Gasteiger partial charge in [-0.3, -0.25) is 9.45 Å². The molecule has 1 aromatic heterocycles. The van der Waals surface area contributed by atoms with E-state index in [9.17, 15) is 8.42 Å². The van der Waals surface area contributed by atoms with Crippen molar-refractivity contribution in [2.24, 2.45) is 0 Å². The zero-order valence-electron chi connectivity index (χ0n) is 16.1. The lowest BCUT2D eigenvalue weighted by atomic mass is 9.99. The summed E-state index contributed by atoms with van der Waals surface area (Å²) in [4.78, 5) is 5.45. The number of aromatic amines is 1. The fraction of sp³-hybridized carbons (Fsp3) is 0.217. The van der Waals surface area contributed by atoms with Gasteiger partial charge in [-0.15, -0.1) is 0 Å². The average molecular weight is 409 g/mol. The molecular weight excluding hydrogens is 384 g/mol. The number of rotatable bonds is 6. The molecule has 0 atom stereocenters. The van der Waals surface area contributed by atoms with Crippen LogP contribution in [0.2, 0.25) is 0 Å². The molecule has 0 amide bonds. The monoisotopic (exact) mass is 408 g/mol. The molecule has 0 aliphatic carbocycles. The predicted octanol–water partition coefficient (Wildman–Crippen LogP) is 4.36. The smallest absolute Gasteiger partial charge is 0.270 e. The van der Waals surface area contributed by atoms with Crippen molar-refractivity contribution in [2.45, 2.75) is 12.2 Å². The Kier molecular flexibility index (Phi) is 5.67. The van der Waals surface area contributed by atoms with Crippen LogP contribution in [0.4, 0.5) is 0 Å². The molecule has 0 spiro atoms. The number of hydrogen-bond donors (Lipinski definition) is 2. The number of hydrogen-bond acceptors (Lipinski definition) is 3. The number of nitrogens with one attached hydrogen (secondary N) is 1. The van der Waals surface area contributed by atoms with E-state index < -0.39 is 15.9 Å². The summed E-state index contributed by atoms with van der Waals surface area (Å²) in [6.07, 6.45) is 7.57. The fourth-order valence-corrected chi connectivity index (χ4v) is 4.32. The lowest BCUT2D eigenvalue weighted by molar-refractivity contribution is 0.335. The third-order valence-electron chi connectivity index (χ3n) is 5.19. The molecule has 5 nitrogen and oxygen atoms in total. The summed E-state index contributed by atoms with van der Waals surface area (Å²) < 4.78 is 31.3. The van der Waals surface area contributed by atoms with Crippen molar-refractivity contribution in [3.63, 3.8) is 0 Å². The Labute approximate surface area is 171 Å². The summed E-state index contributed by atoms with van der Waals surface area (Å²) in [5.74, 6) is -0.408. The predicted molar refractivity (Wildman–Crippen MR) is 118 cm³/mol. The van der Waals surface area contributed by atoms with Gasteiger partial charge in [-0.2, -0.15) is 8.42 Å². The topological polar surface area (TPSA) is 73.4 Å². The molecule has 1 aliphatic rings. The summed E-state index contributed by atoms with van der Waals surface area (Å²) in [7, 11) is -4.06. The van der Waals surface area contributed by atoms with Crippen LogP contribution in [-0.4, -0.2) is 42.5 Å². The number of benzene rings is 2. The van der Waals surface area contributed by atoms with Crippen molar-refractivity contribution >= 4 is 32.7 Å². The van der Waals surface area contributed by atoms with Crippen LogP contribution in [0.1, 0.15) is 23.2 Å². The molecule has 0 unspecified atom stereocenters. The van der Waals surface area contributed by atoms with Crippen LogP contribution in [0.25, 0.3) is 22.6 Å². The maximum absolute atomic E-state index is 11.1. The SMILES string of the molecule is O=S(=O)(O)Cc1cc2c(C=CCN3CC=C(c4ccccc4)CC3)cccc2[nH]1. The Morgan fingerprint density at radius 3 is 2.66 bits per heavy atom. The second kappa shape index (κ2) is 8.37. The molecule has 0 radical (unpaired) electrons. The van der Waals surface area contributed by atoms with E-state index in [-0.39, 0.29) is 0 Å². The zero-order chi connectivity index (χ0) is 20.3. The highest BCUT2D eigenvalue weighted by molar-refractivity contribution is 7.85. The highest BCUT2D eigenvalue weighted by Crippen LogP contribution is 2.23. The first-order valence-electron chi connectivity index (χ1n) is 9.67. The van der Waals surface area contributed by atoms with Gasteiger partial charge in [0.15, 0.2) is 0 Å². The van der Waals surface area contributed by atoms with Crippen molar-refractivity contribution in [3.05, 3.63) is 83.6 Å². The van der Waals surface area contributed by atoms with Crippen molar-refractivity contribution in [3.8, 4) is 0 Å². The van der Waals surface area contributed by atoms with Crippen LogP contribution in [0.3, 0.4) is 0 Å². The Hall–Kier alpha value is -2.67. The van der Waals surface area contributed by atoms with Crippen LogP contribution in [0.15, 0.2) is 66.7 Å². The van der Waals surface area contributed by atoms with Crippen LogP contribution in [0, 0.1) is 0 Å². The number of fused-ring (bicyclic) bond motifs is 1. The van der Waals surface area contributed by atoms with Gasteiger partial charge in [0.05, 0.1) is 0 Å². The summed E-state index contributed by atoms with van der Waals surface area (Å²) in [6, 6.07) is 18.2. The minimum absolute atomic E-state index is 0.408. The minimum Gasteiger partial charge on any atom is -0.357 e.